The molecule has 1 aliphatic rings. The average Bonchev–Trinajstić information content (AvgIpc) is 2.85. The molecule has 1 aliphatic carbocycles. The highest BCUT2D eigenvalue weighted by atomic mass is 14.9. The summed E-state index contributed by atoms with van der Waals surface area (Å²) in [5.41, 5.74) is 0.428. The van der Waals surface area contributed by atoms with E-state index >= 15 is 0 Å². The van der Waals surface area contributed by atoms with Crippen LogP contribution in [0.5, 0.6) is 0 Å². The van der Waals surface area contributed by atoms with E-state index in [1.165, 1.54) is 19.3 Å². The van der Waals surface area contributed by atoms with Crippen molar-refractivity contribution in [2.75, 3.05) is 6.54 Å². The van der Waals surface area contributed by atoms with E-state index in [0.29, 0.717) is 11.5 Å². The van der Waals surface area contributed by atoms with E-state index in [1.807, 2.05) is 0 Å². The first-order chi connectivity index (χ1) is 6.42. The lowest BCUT2D eigenvalue weighted by Gasteiger charge is -2.31. The first-order valence-electron chi connectivity index (χ1n) is 6.15. The van der Waals surface area contributed by atoms with Crippen molar-refractivity contribution >= 4 is 0 Å². The number of nitrogens with one attached hydrogen (secondary N) is 1. The van der Waals surface area contributed by atoms with Gasteiger partial charge in [-0.25, -0.2) is 0 Å². The fourth-order valence-electron chi connectivity index (χ4n) is 1.58. The standard InChI is InChI=1S/C13H27N/c1-10(2)13(4,5)9-14-11(3)8-12-6-7-12/h10-12,14H,6-9H2,1-5H3. The predicted molar refractivity (Wildman–Crippen MR) is 63.4 cm³/mol. The summed E-state index contributed by atoms with van der Waals surface area (Å²) in [6.45, 7) is 12.8. The molecule has 0 spiro atoms. The van der Waals surface area contributed by atoms with Gasteiger partial charge in [0.25, 0.3) is 0 Å². The first kappa shape index (κ1) is 12.0. The maximum Gasteiger partial charge on any atom is 0.00415 e. The van der Waals surface area contributed by atoms with Crippen molar-refractivity contribution in [2.24, 2.45) is 17.3 Å². The van der Waals surface area contributed by atoms with E-state index in [1.54, 1.807) is 0 Å². The summed E-state index contributed by atoms with van der Waals surface area (Å²) in [6.07, 6.45) is 4.33. The number of rotatable bonds is 6. The van der Waals surface area contributed by atoms with Crippen LogP contribution < -0.4 is 5.32 Å². The molecular weight excluding hydrogens is 170 g/mol. The van der Waals surface area contributed by atoms with E-state index in [9.17, 15) is 0 Å². The van der Waals surface area contributed by atoms with Gasteiger partial charge in [0.15, 0.2) is 0 Å². The van der Waals surface area contributed by atoms with Crippen molar-refractivity contribution in [2.45, 2.75) is 59.9 Å². The smallest absolute Gasteiger partial charge is 0.00415 e. The molecule has 0 aromatic heterocycles. The summed E-state index contributed by atoms with van der Waals surface area (Å²) in [4.78, 5) is 0. The lowest BCUT2D eigenvalue weighted by Crippen LogP contribution is -2.38. The quantitative estimate of drug-likeness (QED) is 0.688. The summed E-state index contributed by atoms with van der Waals surface area (Å²) < 4.78 is 0. The first-order valence-corrected chi connectivity index (χ1v) is 6.15. The molecule has 1 fully saturated rings. The van der Waals surface area contributed by atoms with E-state index in [-0.39, 0.29) is 0 Å². The van der Waals surface area contributed by atoms with Gasteiger partial charge in [0.05, 0.1) is 0 Å². The molecule has 0 aliphatic heterocycles. The minimum Gasteiger partial charge on any atom is -0.314 e. The van der Waals surface area contributed by atoms with Gasteiger partial charge in [0, 0.05) is 12.6 Å². The van der Waals surface area contributed by atoms with Gasteiger partial charge in [0.2, 0.25) is 0 Å². The molecule has 1 nitrogen and oxygen atoms in total. The van der Waals surface area contributed by atoms with Crippen molar-refractivity contribution in [3.63, 3.8) is 0 Å². The predicted octanol–water partition coefficient (Wildman–Crippen LogP) is 3.45. The summed E-state index contributed by atoms with van der Waals surface area (Å²) in [7, 11) is 0. The van der Waals surface area contributed by atoms with Crippen molar-refractivity contribution in [1.29, 1.82) is 0 Å². The van der Waals surface area contributed by atoms with Gasteiger partial charge in [-0.05, 0) is 30.6 Å². The third-order valence-electron chi connectivity index (χ3n) is 3.85. The lowest BCUT2D eigenvalue weighted by molar-refractivity contribution is 0.227. The van der Waals surface area contributed by atoms with Gasteiger partial charge in [-0.2, -0.15) is 0 Å². The fourth-order valence-corrected chi connectivity index (χ4v) is 1.58. The van der Waals surface area contributed by atoms with Gasteiger partial charge >= 0.3 is 0 Å². The minimum absolute atomic E-state index is 0.428. The van der Waals surface area contributed by atoms with E-state index < -0.39 is 0 Å². The normalized spacial score (nSPS) is 20.1. The Morgan fingerprint density at radius 1 is 1.21 bits per heavy atom. The van der Waals surface area contributed by atoms with Crippen molar-refractivity contribution in [1.82, 2.24) is 5.32 Å². The van der Waals surface area contributed by atoms with E-state index in [0.717, 1.165) is 18.4 Å². The molecule has 0 aromatic rings. The van der Waals surface area contributed by atoms with Crippen LogP contribution in [0.1, 0.15) is 53.9 Å². The molecule has 1 unspecified atom stereocenters. The Morgan fingerprint density at radius 3 is 2.21 bits per heavy atom. The second-order valence-electron chi connectivity index (χ2n) is 6.10. The molecule has 1 atom stereocenters. The molecule has 0 radical (unpaired) electrons. The maximum atomic E-state index is 3.68. The number of hydrogen-bond acceptors (Lipinski definition) is 1. The minimum atomic E-state index is 0.428. The highest BCUT2D eigenvalue weighted by molar-refractivity contribution is 4.81. The van der Waals surface area contributed by atoms with Gasteiger partial charge in [-0.3, -0.25) is 0 Å². The zero-order valence-electron chi connectivity index (χ0n) is 10.6. The molecule has 1 heteroatoms. The zero-order chi connectivity index (χ0) is 10.8. The Morgan fingerprint density at radius 2 is 1.79 bits per heavy atom. The summed E-state index contributed by atoms with van der Waals surface area (Å²) in [5, 5.41) is 3.68. The van der Waals surface area contributed by atoms with E-state index in [2.05, 4.69) is 39.9 Å². The molecule has 0 saturated heterocycles. The molecular formula is C13H27N. The topological polar surface area (TPSA) is 12.0 Å². The third kappa shape index (κ3) is 4.00. The van der Waals surface area contributed by atoms with Crippen molar-refractivity contribution in [3.05, 3.63) is 0 Å². The van der Waals surface area contributed by atoms with Gasteiger partial charge < -0.3 is 5.32 Å². The largest absolute Gasteiger partial charge is 0.314 e. The maximum absolute atomic E-state index is 3.68. The van der Waals surface area contributed by atoms with Crippen LogP contribution in [-0.4, -0.2) is 12.6 Å². The SMILES string of the molecule is CC(CC1CC1)NCC(C)(C)C(C)C. The monoisotopic (exact) mass is 197 g/mol. The Labute approximate surface area is 89.7 Å². The lowest BCUT2D eigenvalue weighted by atomic mass is 9.81. The molecule has 0 aromatic carbocycles. The van der Waals surface area contributed by atoms with Crippen molar-refractivity contribution in [3.8, 4) is 0 Å². The van der Waals surface area contributed by atoms with E-state index in [4.69, 9.17) is 0 Å². The van der Waals surface area contributed by atoms with Crippen LogP contribution in [0, 0.1) is 17.3 Å². The Hall–Kier alpha value is -0.0400. The average molecular weight is 197 g/mol. The molecule has 0 heterocycles. The Kier molecular flexibility index (Phi) is 4.00. The molecule has 0 amide bonds. The second-order valence-corrected chi connectivity index (χ2v) is 6.10. The molecule has 14 heavy (non-hydrogen) atoms. The summed E-state index contributed by atoms with van der Waals surface area (Å²) in [6, 6.07) is 0.709. The highest BCUT2D eigenvalue weighted by Crippen LogP contribution is 2.33. The van der Waals surface area contributed by atoms with Crippen LogP contribution >= 0.6 is 0 Å². The van der Waals surface area contributed by atoms with Gasteiger partial charge in [-0.15, -0.1) is 0 Å². The molecule has 1 saturated carbocycles. The summed E-state index contributed by atoms with van der Waals surface area (Å²) >= 11 is 0. The van der Waals surface area contributed by atoms with Crippen LogP contribution in [-0.2, 0) is 0 Å². The number of hydrogen-bond donors (Lipinski definition) is 1. The van der Waals surface area contributed by atoms with Gasteiger partial charge in [0.1, 0.15) is 0 Å². The van der Waals surface area contributed by atoms with Crippen LogP contribution in [0.25, 0.3) is 0 Å². The van der Waals surface area contributed by atoms with Crippen molar-refractivity contribution < 1.29 is 0 Å². The summed E-state index contributed by atoms with van der Waals surface area (Å²) in [5.74, 6) is 1.79. The van der Waals surface area contributed by atoms with Crippen LogP contribution in [0.3, 0.4) is 0 Å². The Balaban J connectivity index is 2.17. The third-order valence-corrected chi connectivity index (χ3v) is 3.85. The van der Waals surface area contributed by atoms with Crippen LogP contribution in [0.2, 0.25) is 0 Å². The molecule has 84 valence electrons. The highest BCUT2D eigenvalue weighted by Gasteiger charge is 2.26. The van der Waals surface area contributed by atoms with Gasteiger partial charge in [-0.1, -0.05) is 40.5 Å². The molecule has 1 N–H and O–H groups in total. The van der Waals surface area contributed by atoms with Crippen LogP contribution in [0.4, 0.5) is 0 Å². The zero-order valence-corrected chi connectivity index (χ0v) is 10.6. The fraction of sp³-hybridized carbons (Fsp3) is 1.00. The Bertz CT molecular complexity index is 168. The molecule has 0 bridgehead atoms. The second kappa shape index (κ2) is 4.65. The molecule has 1 rings (SSSR count). The van der Waals surface area contributed by atoms with Crippen LogP contribution in [0.15, 0.2) is 0 Å².